The summed E-state index contributed by atoms with van der Waals surface area (Å²) in [5, 5.41) is 2.59. The molecule has 4 rings (SSSR count). The zero-order valence-corrected chi connectivity index (χ0v) is 19.8. The largest absolute Gasteiger partial charge is 0.497 e. The van der Waals surface area contributed by atoms with Crippen molar-refractivity contribution in [2.45, 2.75) is 17.4 Å². The van der Waals surface area contributed by atoms with Gasteiger partial charge in [0.15, 0.2) is 0 Å². The summed E-state index contributed by atoms with van der Waals surface area (Å²) in [5.74, 6) is -0.0664. The van der Waals surface area contributed by atoms with E-state index in [4.69, 9.17) is 9.47 Å². The van der Waals surface area contributed by atoms with Crippen molar-refractivity contribution in [3.8, 4) is 5.75 Å². The van der Waals surface area contributed by atoms with Crippen LogP contribution in [0.15, 0.2) is 29.2 Å². The molecule has 0 aromatic heterocycles. The molecular weight excluding hydrogens is 466 g/mol. The molecule has 4 amide bonds. The van der Waals surface area contributed by atoms with Gasteiger partial charge in [-0.2, -0.15) is 4.31 Å². The van der Waals surface area contributed by atoms with Gasteiger partial charge in [-0.15, -0.1) is 0 Å². The van der Waals surface area contributed by atoms with Gasteiger partial charge in [-0.25, -0.2) is 18.1 Å². The molecule has 34 heavy (non-hydrogen) atoms. The Balaban J connectivity index is 1.29. The lowest BCUT2D eigenvalue weighted by molar-refractivity contribution is -0.139. The van der Waals surface area contributed by atoms with Crippen molar-refractivity contribution in [2.75, 3.05) is 66.3 Å². The first kappa shape index (κ1) is 24.4. The van der Waals surface area contributed by atoms with Gasteiger partial charge in [0.2, 0.25) is 15.9 Å². The maximum absolute atomic E-state index is 12.9. The quantitative estimate of drug-likeness (QED) is 0.484. The molecule has 1 aromatic rings. The summed E-state index contributed by atoms with van der Waals surface area (Å²) in [4.78, 5) is 42.4. The molecule has 0 bridgehead atoms. The Bertz CT molecular complexity index is 1020. The molecule has 12 nitrogen and oxygen atoms in total. The molecule has 0 aliphatic carbocycles. The van der Waals surface area contributed by atoms with Gasteiger partial charge in [-0.3, -0.25) is 14.5 Å². The first-order valence-corrected chi connectivity index (χ1v) is 12.6. The highest BCUT2D eigenvalue weighted by molar-refractivity contribution is 7.89. The van der Waals surface area contributed by atoms with Crippen LogP contribution in [0.25, 0.3) is 0 Å². The Hall–Kier alpha value is -2.74. The standard InChI is InChI=1S/C21H29N5O7S/c1-32-16-2-4-17(5-3-16)34(30,31)25-8-6-23(7-9-25)15-26-20(28)18(22-21(26)29)14-19(27)24-10-12-33-13-11-24/h2-5,18H,6-15H2,1H3,(H,22,29). The maximum Gasteiger partial charge on any atom is 0.325 e. The van der Waals surface area contributed by atoms with Crippen molar-refractivity contribution in [3.63, 3.8) is 0 Å². The predicted molar refractivity (Wildman–Crippen MR) is 119 cm³/mol. The van der Waals surface area contributed by atoms with Gasteiger partial charge in [-0.1, -0.05) is 0 Å². The van der Waals surface area contributed by atoms with Crippen LogP contribution in [-0.4, -0.2) is 118 Å². The number of hydrogen-bond donors (Lipinski definition) is 1. The fraction of sp³-hybridized carbons (Fsp3) is 0.571. The number of imide groups is 1. The first-order valence-electron chi connectivity index (χ1n) is 11.1. The minimum absolute atomic E-state index is 0.0450. The van der Waals surface area contributed by atoms with Crippen LogP contribution < -0.4 is 10.1 Å². The summed E-state index contributed by atoms with van der Waals surface area (Å²) in [6, 6.07) is 4.78. The third-order valence-corrected chi connectivity index (χ3v) is 8.13. The molecule has 3 heterocycles. The average Bonchev–Trinajstić information content (AvgIpc) is 3.12. The third-order valence-electron chi connectivity index (χ3n) is 6.22. The van der Waals surface area contributed by atoms with E-state index in [1.165, 1.54) is 23.5 Å². The number of nitrogens with zero attached hydrogens (tertiary/aromatic N) is 4. The lowest BCUT2D eigenvalue weighted by atomic mass is 10.2. The van der Waals surface area contributed by atoms with E-state index in [1.54, 1.807) is 17.0 Å². The normalized spacial score (nSPS) is 22.7. The van der Waals surface area contributed by atoms with Gasteiger partial charge in [0.05, 0.1) is 38.3 Å². The van der Waals surface area contributed by atoms with Crippen LogP contribution >= 0.6 is 0 Å². The SMILES string of the molecule is COc1ccc(S(=O)(=O)N2CCN(CN3C(=O)NC(CC(=O)N4CCOCC4)C3=O)CC2)cc1. The highest BCUT2D eigenvalue weighted by atomic mass is 32.2. The van der Waals surface area contributed by atoms with E-state index in [1.807, 2.05) is 4.90 Å². The Morgan fingerprint density at radius 2 is 1.71 bits per heavy atom. The Morgan fingerprint density at radius 3 is 2.32 bits per heavy atom. The monoisotopic (exact) mass is 495 g/mol. The van der Waals surface area contributed by atoms with Crippen molar-refractivity contribution in [3.05, 3.63) is 24.3 Å². The van der Waals surface area contributed by atoms with E-state index in [0.717, 1.165) is 4.90 Å². The number of urea groups is 1. The number of ether oxygens (including phenoxy) is 2. The highest BCUT2D eigenvalue weighted by Crippen LogP contribution is 2.21. The molecule has 3 aliphatic heterocycles. The van der Waals surface area contributed by atoms with Crippen molar-refractivity contribution < 1.29 is 32.3 Å². The molecule has 1 unspecified atom stereocenters. The molecule has 3 aliphatic rings. The fourth-order valence-electron chi connectivity index (χ4n) is 4.17. The maximum atomic E-state index is 12.9. The van der Waals surface area contributed by atoms with Crippen molar-refractivity contribution >= 4 is 27.9 Å². The zero-order chi connectivity index (χ0) is 24.3. The molecule has 1 atom stereocenters. The number of sulfonamides is 1. The van der Waals surface area contributed by atoms with E-state index >= 15 is 0 Å². The zero-order valence-electron chi connectivity index (χ0n) is 19.0. The predicted octanol–water partition coefficient (Wildman–Crippen LogP) is -0.872. The van der Waals surface area contributed by atoms with Crippen LogP contribution in [0, 0.1) is 0 Å². The number of methoxy groups -OCH3 is 1. The van der Waals surface area contributed by atoms with Gasteiger partial charge in [-0.05, 0) is 24.3 Å². The van der Waals surface area contributed by atoms with E-state index in [-0.39, 0.29) is 37.0 Å². The summed E-state index contributed by atoms with van der Waals surface area (Å²) in [6.45, 7) is 3.11. The van der Waals surface area contributed by atoms with Gasteiger partial charge in [0.25, 0.3) is 5.91 Å². The minimum atomic E-state index is -3.65. The average molecular weight is 496 g/mol. The molecular formula is C21H29N5O7S. The van der Waals surface area contributed by atoms with E-state index in [9.17, 15) is 22.8 Å². The van der Waals surface area contributed by atoms with Crippen molar-refractivity contribution in [2.24, 2.45) is 0 Å². The van der Waals surface area contributed by atoms with Gasteiger partial charge in [0.1, 0.15) is 11.8 Å². The van der Waals surface area contributed by atoms with Crippen LogP contribution in [0.2, 0.25) is 0 Å². The Morgan fingerprint density at radius 1 is 1.06 bits per heavy atom. The summed E-state index contributed by atoms with van der Waals surface area (Å²) in [7, 11) is -2.14. The van der Waals surface area contributed by atoms with Crippen LogP contribution in [0.5, 0.6) is 5.75 Å². The van der Waals surface area contributed by atoms with Crippen LogP contribution in [0.3, 0.4) is 0 Å². The van der Waals surface area contributed by atoms with Crippen LogP contribution in [-0.2, 0) is 24.3 Å². The summed E-state index contributed by atoms with van der Waals surface area (Å²) in [6.07, 6.45) is -0.0883. The first-order chi connectivity index (χ1) is 16.3. The van der Waals surface area contributed by atoms with E-state index in [2.05, 4.69) is 5.32 Å². The van der Waals surface area contributed by atoms with Crippen molar-refractivity contribution in [1.82, 2.24) is 24.3 Å². The number of piperazine rings is 1. The Labute approximate surface area is 198 Å². The topological polar surface area (TPSA) is 129 Å². The Kier molecular flexibility index (Phi) is 7.36. The second kappa shape index (κ2) is 10.3. The van der Waals surface area contributed by atoms with Crippen LogP contribution in [0.1, 0.15) is 6.42 Å². The molecule has 0 spiro atoms. The minimum Gasteiger partial charge on any atom is -0.497 e. The number of rotatable bonds is 7. The summed E-state index contributed by atoms with van der Waals surface area (Å²) >= 11 is 0. The molecule has 3 fully saturated rings. The number of morpholine rings is 1. The molecule has 1 aromatic carbocycles. The van der Waals surface area contributed by atoms with E-state index < -0.39 is 28.0 Å². The second-order valence-corrected chi connectivity index (χ2v) is 10.2. The molecule has 13 heteroatoms. The van der Waals surface area contributed by atoms with Crippen LogP contribution in [0.4, 0.5) is 4.79 Å². The van der Waals surface area contributed by atoms with Crippen molar-refractivity contribution in [1.29, 1.82) is 0 Å². The number of nitrogens with one attached hydrogen (secondary N) is 1. The summed E-state index contributed by atoms with van der Waals surface area (Å²) < 4.78 is 37.5. The lowest BCUT2D eigenvalue weighted by Crippen LogP contribution is -2.52. The number of benzene rings is 1. The second-order valence-electron chi connectivity index (χ2n) is 8.30. The smallest absolute Gasteiger partial charge is 0.325 e. The number of amides is 4. The van der Waals surface area contributed by atoms with Gasteiger partial charge >= 0.3 is 6.03 Å². The molecule has 3 saturated heterocycles. The fourth-order valence-corrected chi connectivity index (χ4v) is 5.60. The molecule has 1 N–H and O–H groups in total. The van der Waals surface area contributed by atoms with Gasteiger partial charge < -0.3 is 19.7 Å². The number of carbonyl (C=O) groups excluding carboxylic acids is 3. The third kappa shape index (κ3) is 5.17. The van der Waals surface area contributed by atoms with E-state index in [0.29, 0.717) is 45.1 Å². The molecule has 0 radical (unpaired) electrons. The summed E-state index contributed by atoms with van der Waals surface area (Å²) in [5.41, 5.74) is 0. The molecule has 0 saturated carbocycles. The molecule has 186 valence electrons. The lowest BCUT2D eigenvalue weighted by Gasteiger charge is -2.35. The highest BCUT2D eigenvalue weighted by Gasteiger charge is 2.41. The van der Waals surface area contributed by atoms with Gasteiger partial charge in [0, 0.05) is 39.3 Å². The number of hydrogen-bond acceptors (Lipinski definition) is 8. The number of carbonyl (C=O) groups is 3.